The number of benzene rings is 2. The van der Waals surface area contributed by atoms with E-state index in [0.29, 0.717) is 35.9 Å². The van der Waals surface area contributed by atoms with Gasteiger partial charge in [0.15, 0.2) is 11.0 Å². The Balaban J connectivity index is 1.40. The van der Waals surface area contributed by atoms with Crippen molar-refractivity contribution in [1.29, 1.82) is 0 Å². The maximum absolute atomic E-state index is 12.4. The van der Waals surface area contributed by atoms with Crippen LogP contribution in [-0.4, -0.2) is 32.5 Å². The molecule has 3 aromatic rings. The molecular weight excluding hydrogens is 420 g/mol. The third-order valence-corrected chi connectivity index (χ3v) is 6.88. The molecule has 6 nitrogen and oxygen atoms in total. The first-order valence-electron chi connectivity index (χ1n) is 11.2. The molecule has 7 heteroatoms. The van der Waals surface area contributed by atoms with Crippen molar-refractivity contribution in [3.05, 3.63) is 60.4 Å². The molecule has 1 N–H and O–H groups in total. The Morgan fingerprint density at radius 1 is 1.22 bits per heavy atom. The van der Waals surface area contributed by atoms with Crippen LogP contribution in [0, 0.1) is 6.92 Å². The van der Waals surface area contributed by atoms with E-state index in [-0.39, 0.29) is 5.91 Å². The van der Waals surface area contributed by atoms with Crippen LogP contribution in [0.5, 0.6) is 5.75 Å². The van der Waals surface area contributed by atoms with Gasteiger partial charge in [-0.15, -0.1) is 16.8 Å². The van der Waals surface area contributed by atoms with Crippen molar-refractivity contribution in [2.75, 3.05) is 5.75 Å². The molecule has 0 atom stereocenters. The molecule has 0 bridgehead atoms. The van der Waals surface area contributed by atoms with E-state index in [2.05, 4.69) is 47.2 Å². The Labute approximate surface area is 193 Å². The van der Waals surface area contributed by atoms with Gasteiger partial charge in [-0.1, -0.05) is 67.4 Å². The summed E-state index contributed by atoms with van der Waals surface area (Å²) in [6, 6.07) is 12.7. The fourth-order valence-electron chi connectivity index (χ4n) is 4.20. The average Bonchev–Trinajstić information content (AvgIpc) is 3.20. The third-order valence-electron chi connectivity index (χ3n) is 5.91. The van der Waals surface area contributed by atoms with E-state index in [9.17, 15) is 4.79 Å². The van der Waals surface area contributed by atoms with E-state index in [4.69, 9.17) is 4.74 Å². The molecule has 1 aliphatic carbocycles. The smallest absolute Gasteiger partial charge is 0.230 e. The van der Waals surface area contributed by atoms with E-state index in [1.807, 2.05) is 22.8 Å². The van der Waals surface area contributed by atoms with Crippen molar-refractivity contribution in [2.45, 2.75) is 63.4 Å². The van der Waals surface area contributed by atoms with Crippen molar-refractivity contribution in [2.24, 2.45) is 0 Å². The lowest BCUT2D eigenvalue weighted by molar-refractivity contribution is -0.119. The van der Waals surface area contributed by atoms with Gasteiger partial charge in [-0.05, 0) is 42.2 Å². The summed E-state index contributed by atoms with van der Waals surface area (Å²) in [5, 5.41) is 14.9. The second kappa shape index (κ2) is 10.7. The fourth-order valence-corrected chi connectivity index (χ4v) is 4.97. The highest BCUT2D eigenvalue weighted by molar-refractivity contribution is 7.99. The number of rotatable bonds is 9. The number of nitrogens with zero attached hydrogens (tertiary/aromatic N) is 3. The number of nitrogens with one attached hydrogen (secondary N) is 1. The molecule has 1 aromatic heterocycles. The molecule has 1 amide bonds. The molecule has 0 unspecified atom stereocenters. The van der Waals surface area contributed by atoms with E-state index < -0.39 is 0 Å². The van der Waals surface area contributed by atoms with Gasteiger partial charge in [-0.3, -0.25) is 9.36 Å². The zero-order valence-corrected chi connectivity index (χ0v) is 19.4. The maximum atomic E-state index is 12.4. The number of carbonyl (C=O) groups is 1. The van der Waals surface area contributed by atoms with Crippen molar-refractivity contribution in [3.8, 4) is 5.75 Å². The standard InChI is InChI=1S/C25H30N4O2S/c1-3-15-29-23(16-31-22-14-13-19-9-7-8-12-21(19)18(22)2)27-28-25(29)32-17-24(30)26-20-10-5-4-6-11-20/h3,7-9,12-14,20H,1,4-6,10-11,15-17H2,2H3,(H,26,30). The number of ether oxygens (including phenoxy) is 1. The topological polar surface area (TPSA) is 69.0 Å². The first-order chi connectivity index (χ1) is 15.7. The lowest BCUT2D eigenvalue weighted by Gasteiger charge is -2.22. The summed E-state index contributed by atoms with van der Waals surface area (Å²) in [7, 11) is 0. The summed E-state index contributed by atoms with van der Waals surface area (Å²) in [4.78, 5) is 12.4. The van der Waals surface area contributed by atoms with E-state index >= 15 is 0 Å². The van der Waals surface area contributed by atoms with Gasteiger partial charge >= 0.3 is 0 Å². The summed E-state index contributed by atoms with van der Waals surface area (Å²) < 4.78 is 8.07. The predicted molar refractivity (Wildman–Crippen MR) is 129 cm³/mol. The van der Waals surface area contributed by atoms with Crippen molar-refractivity contribution in [3.63, 3.8) is 0 Å². The molecule has 0 saturated heterocycles. The van der Waals surface area contributed by atoms with Gasteiger partial charge in [0.05, 0.1) is 5.75 Å². The maximum Gasteiger partial charge on any atom is 0.230 e. The largest absolute Gasteiger partial charge is 0.485 e. The summed E-state index contributed by atoms with van der Waals surface area (Å²) in [6.07, 6.45) is 7.64. The van der Waals surface area contributed by atoms with E-state index in [1.54, 1.807) is 6.08 Å². The van der Waals surface area contributed by atoms with Crippen LogP contribution in [0.15, 0.2) is 54.2 Å². The number of hydrogen-bond donors (Lipinski definition) is 1. The lowest BCUT2D eigenvalue weighted by atomic mass is 9.95. The van der Waals surface area contributed by atoms with Crippen molar-refractivity contribution >= 4 is 28.4 Å². The van der Waals surface area contributed by atoms with Crippen LogP contribution >= 0.6 is 11.8 Å². The summed E-state index contributed by atoms with van der Waals surface area (Å²) in [6.45, 7) is 6.78. The third kappa shape index (κ3) is 5.33. The Bertz CT molecular complexity index is 1090. The van der Waals surface area contributed by atoms with Crippen LogP contribution < -0.4 is 10.1 Å². The molecule has 2 aromatic carbocycles. The Hall–Kier alpha value is -2.80. The predicted octanol–water partition coefficient (Wildman–Crippen LogP) is 5.05. The zero-order valence-electron chi connectivity index (χ0n) is 18.5. The number of carbonyl (C=O) groups excluding carboxylic acids is 1. The number of aryl methyl sites for hydroxylation is 1. The quantitative estimate of drug-likeness (QED) is 0.365. The van der Waals surface area contributed by atoms with Crippen molar-refractivity contribution < 1.29 is 9.53 Å². The molecule has 1 aliphatic rings. The normalized spacial score (nSPS) is 14.4. The fraction of sp³-hybridized carbons (Fsp3) is 0.400. The Morgan fingerprint density at radius 2 is 2.03 bits per heavy atom. The first kappa shape index (κ1) is 22.4. The van der Waals surface area contributed by atoms with Gasteiger partial charge in [0.1, 0.15) is 12.4 Å². The van der Waals surface area contributed by atoms with Crippen LogP contribution in [-0.2, 0) is 17.9 Å². The summed E-state index contributed by atoms with van der Waals surface area (Å²) in [5.41, 5.74) is 1.10. The molecule has 1 fully saturated rings. The SMILES string of the molecule is C=CCn1c(COc2ccc3ccccc3c2C)nnc1SCC(=O)NC1CCCCC1. The number of thioether (sulfide) groups is 1. The van der Waals surface area contributed by atoms with Gasteiger partial charge in [0.2, 0.25) is 5.91 Å². The van der Waals surface area contributed by atoms with Gasteiger partial charge in [0.25, 0.3) is 0 Å². The lowest BCUT2D eigenvalue weighted by Crippen LogP contribution is -2.37. The van der Waals surface area contributed by atoms with Gasteiger partial charge in [0, 0.05) is 12.6 Å². The Kier molecular flexibility index (Phi) is 7.47. The molecule has 0 spiro atoms. The average molecular weight is 451 g/mol. The number of allylic oxidation sites excluding steroid dienone is 1. The minimum Gasteiger partial charge on any atom is -0.485 e. The zero-order chi connectivity index (χ0) is 22.3. The summed E-state index contributed by atoms with van der Waals surface area (Å²) in [5.74, 6) is 1.93. The van der Waals surface area contributed by atoms with Crippen LogP contribution in [0.2, 0.25) is 0 Å². The highest BCUT2D eigenvalue weighted by atomic mass is 32.2. The number of amides is 1. The monoisotopic (exact) mass is 450 g/mol. The highest BCUT2D eigenvalue weighted by Gasteiger charge is 2.18. The van der Waals surface area contributed by atoms with E-state index in [1.165, 1.54) is 41.8 Å². The van der Waals surface area contributed by atoms with Crippen LogP contribution in [0.1, 0.15) is 43.5 Å². The second-order valence-electron chi connectivity index (χ2n) is 8.19. The molecule has 0 radical (unpaired) electrons. The number of fused-ring (bicyclic) bond motifs is 1. The molecular formula is C25H30N4O2S. The van der Waals surface area contributed by atoms with Gasteiger partial charge in [-0.2, -0.15) is 0 Å². The van der Waals surface area contributed by atoms with Crippen LogP contribution in [0.25, 0.3) is 10.8 Å². The number of aromatic nitrogens is 3. The molecule has 0 aliphatic heterocycles. The molecule has 4 rings (SSSR count). The Morgan fingerprint density at radius 3 is 2.84 bits per heavy atom. The molecule has 168 valence electrons. The molecule has 32 heavy (non-hydrogen) atoms. The van der Waals surface area contributed by atoms with Gasteiger partial charge < -0.3 is 10.1 Å². The van der Waals surface area contributed by atoms with Crippen molar-refractivity contribution in [1.82, 2.24) is 20.1 Å². The molecule has 1 heterocycles. The van der Waals surface area contributed by atoms with Crippen LogP contribution in [0.3, 0.4) is 0 Å². The molecule has 1 saturated carbocycles. The summed E-state index contributed by atoms with van der Waals surface area (Å²) >= 11 is 1.41. The van der Waals surface area contributed by atoms with Crippen LogP contribution in [0.4, 0.5) is 0 Å². The first-order valence-corrected chi connectivity index (χ1v) is 12.2. The van der Waals surface area contributed by atoms with E-state index in [0.717, 1.165) is 24.2 Å². The number of hydrogen-bond acceptors (Lipinski definition) is 5. The second-order valence-corrected chi connectivity index (χ2v) is 9.13. The minimum atomic E-state index is 0.0552. The minimum absolute atomic E-state index is 0.0552. The highest BCUT2D eigenvalue weighted by Crippen LogP contribution is 2.28. The van der Waals surface area contributed by atoms with Gasteiger partial charge in [-0.25, -0.2) is 0 Å².